The minimum atomic E-state index is 0. The number of methoxy groups -OCH3 is 3. The molecule has 0 radical (unpaired) electrons. The van der Waals surface area contributed by atoms with Crippen LogP contribution >= 0.6 is 12.4 Å². The van der Waals surface area contributed by atoms with Gasteiger partial charge in [-0.2, -0.15) is 0 Å². The van der Waals surface area contributed by atoms with Gasteiger partial charge in [-0.25, -0.2) is 0 Å². The zero-order chi connectivity index (χ0) is 10.6. The van der Waals surface area contributed by atoms with Crippen LogP contribution in [-0.2, 0) is 6.54 Å². The predicted molar refractivity (Wildman–Crippen MR) is 61.2 cm³/mol. The quantitative estimate of drug-likeness (QED) is 0.858. The van der Waals surface area contributed by atoms with Gasteiger partial charge in [-0.3, -0.25) is 0 Å². The van der Waals surface area contributed by atoms with Crippen molar-refractivity contribution in [2.75, 3.05) is 21.3 Å². The van der Waals surface area contributed by atoms with Crippen molar-refractivity contribution in [3.63, 3.8) is 0 Å². The number of hydrogen-bond donors (Lipinski definition) is 1. The summed E-state index contributed by atoms with van der Waals surface area (Å²) in [5.74, 6) is 1.86. The summed E-state index contributed by atoms with van der Waals surface area (Å²) in [7, 11) is 4.73. The van der Waals surface area contributed by atoms with Gasteiger partial charge in [-0.15, -0.1) is 12.4 Å². The van der Waals surface area contributed by atoms with Gasteiger partial charge in [0.2, 0.25) is 5.75 Å². The summed E-state index contributed by atoms with van der Waals surface area (Å²) in [6.07, 6.45) is 0. The fraction of sp³-hybridized carbons (Fsp3) is 0.400. The van der Waals surface area contributed by atoms with E-state index in [9.17, 15) is 0 Å². The Morgan fingerprint density at radius 3 is 2.00 bits per heavy atom. The van der Waals surface area contributed by atoms with E-state index in [2.05, 4.69) is 0 Å². The van der Waals surface area contributed by atoms with Crippen molar-refractivity contribution >= 4 is 12.4 Å². The first-order valence-electron chi connectivity index (χ1n) is 4.26. The third kappa shape index (κ3) is 2.67. The highest BCUT2D eigenvalue weighted by atomic mass is 35.5. The van der Waals surface area contributed by atoms with E-state index in [1.54, 1.807) is 21.3 Å². The Balaban J connectivity index is 0.00000196. The number of rotatable bonds is 4. The van der Waals surface area contributed by atoms with E-state index in [0.29, 0.717) is 23.8 Å². The van der Waals surface area contributed by atoms with Crippen molar-refractivity contribution in [3.05, 3.63) is 17.7 Å². The number of halogens is 1. The van der Waals surface area contributed by atoms with E-state index < -0.39 is 0 Å². The second-order valence-electron chi connectivity index (χ2n) is 2.70. The highest BCUT2D eigenvalue weighted by molar-refractivity contribution is 5.85. The first-order chi connectivity index (χ1) is 6.78. The molecule has 2 N–H and O–H groups in total. The van der Waals surface area contributed by atoms with Crippen LogP contribution in [0.25, 0.3) is 0 Å². The maximum Gasteiger partial charge on any atom is 0.203 e. The molecule has 0 aliphatic carbocycles. The van der Waals surface area contributed by atoms with Crippen molar-refractivity contribution in [3.8, 4) is 17.2 Å². The molecule has 0 aliphatic heterocycles. The van der Waals surface area contributed by atoms with Gasteiger partial charge >= 0.3 is 0 Å². The van der Waals surface area contributed by atoms with E-state index in [0.717, 1.165) is 5.56 Å². The summed E-state index contributed by atoms with van der Waals surface area (Å²) in [5.41, 5.74) is 6.46. The van der Waals surface area contributed by atoms with Crippen LogP contribution in [0.3, 0.4) is 0 Å². The fourth-order valence-corrected chi connectivity index (χ4v) is 1.32. The SMILES string of the molecule is COc1ccc(CN)c(OC)c1OC.Cl. The molecule has 0 spiro atoms. The summed E-state index contributed by atoms with van der Waals surface area (Å²) in [6.45, 7) is 0.406. The second kappa shape index (κ2) is 6.37. The van der Waals surface area contributed by atoms with Crippen LogP contribution in [-0.4, -0.2) is 21.3 Å². The summed E-state index contributed by atoms with van der Waals surface area (Å²) in [4.78, 5) is 0. The van der Waals surface area contributed by atoms with Gasteiger partial charge in [-0.05, 0) is 6.07 Å². The van der Waals surface area contributed by atoms with E-state index in [1.807, 2.05) is 12.1 Å². The molecule has 1 aromatic rings. The van der Waals surface area contributed by atoms with Crippen LogP contribution in [0.5, 0.6) is 17.2 Å². The Morgan fingerprint density at radius 2 is 1.60 bits per heavy atom. The Hall–Kier alpha value is -1.13. The smallest absolute Gasteiger partial charge is 0.203 e. The van der Waals surface area contributed by atoms with E-state index in [4.69, 9.17) is 19.9 Å². The topological polar surface area (TPSA) is 53.7 Å². The van der Waals surface area contributed by atoms with Crippen LogP contribution in [0, 0.1) is 0 Å². The third-order valence-corrected chi connectivity index (χ3v) is 2.01. The molecule has 0 saturated heterocycles. The van der Waals surface area contributed by atoms with E-state index in [1.165, 1.54) is 0 Å². The fourth-order valence-electron chi connectivity index (χ4n) is 1.32. The van der Waals surface area contributed by atoms with E-state index in [-0.39, 0.29) is 12.4 Å². The van der Waals surface area contributed by atoms with Gasteiger partial charge in [0.05, 0.1) is 21.3 Å². The number of ether oxygens (including phenoxy) is 3. The van der Waals surface area contributed by atoms with Crippen LogP contribution in [0.2, 0.25) is 0 Å². The molecule has 15 heavy (non-hydrogen) atoms. The van der Waals surface area contributed by atoms with Crippen molar-refractivity contribution < 1.29 is 14.2 Å². The molecule has 5 heteroatoms. The molecule has 86 valence electrons. The number of nitrogens with two attached hydrogens (primary N) is 1. The highest BCUT2D eigenvalue weighted by Crippen LogP contribution is 2.39. The molecule has 0 amide bonds. The predicted octanol–water partition coefficient (Wildman–Crippen LogP) is 1.59. The molecule has 1 aromatic carbocycles. The van der Waals surface area contributed by atoms with Crippen LogP contribution < -0.4 is 19.9 Å². The molecule has 1 rings (SSSR count). The molecule has 0 aliphatic rings. The van der Waals surface area contributed by atoms with Gasteiger partial charge in [0.15, 0.2) is 11.5 Å². The molecule has 0 fully saturated rings. The lowest BCUT2D eigenvalue weighted by molar-refractivity contribution is 0.322. The molecular formula is C10H16ClNO3. The van der Waals surface area contributed by atoms with Crippen molar-refractivity contribution in [1.82, 2.24) is 0 Å². The minimum absolute atomic E-state index is 0. The second-order valence-corrected chi connectivity index (χ2v) is 2.70. The maximum atomic E-state index is 5.56. The lowest BCUT2D eigenvalue weighted by atomic mass is 10.1. The lowest BCUT2D eigenvalue weighted by Crippen LogP contribution is -2.02. The average Bonchev–Trinajstić information content (AvgIpc) is 2.26. The average molecular weight is 234 g/mol. The zero-order valence-corrected chi connectivity index (χ0v) is 9.89. The van der Waals surface area contributed by atoms with Crippen LogP contribution in [0.4, 0.5) is 0 Å². The molecule has 0 aromatic heterocycles. The third-order valence-electron chi connectivity index (χ3n) is 2.01. The first-order valence-corrected chi connectivity index (χ1v) is 4.26. The van der Waals surface area contributed by atoms with Gasteiger partial charge in [0.25, 0.3) is 0 Å². The Morgan fingerprint density at radius 1 is 1.00 bits per heavy atom. The van der Waals surface area contributed by atoms with Gasteiger partial charge in [0.1, 0.15) is 0 Å². The summed E-state index contributed by atoms with van der Waals surface area (Å²) < 4.78 is 15.5. The number of benzene rings is 1. The van der Waals surface area contributed by atoms with Gasteiger partial charge in [-0.1, -0.05) is 6.07 Å². The highest BCUT2D eigenvalue weighted by Gasteiger charge is 2.14. The lowest BCUT2D eigenvalue weighted by Gasteiger charge is -2.14. The molecule has 0 unspecified atom stereocenters. The van der Waals surface area contributed by atoms with E-state index >= 15 is 0 Å². The summed E-state index contributed by atoms with van der Waals surface area (Å²) >= 11 is 0. The summed E-state index contributed by atoms with van der Waals surface area (Å²) in [6, 6.07) is 3.67. The Labute approximate surface area is 95.7 Å². The van der Waals surface area contributed by atoms with Crippen molar-refractivity contribution in [2.45, 2.75) is 6.54 Å². The maximum absolute atomic E-state index is 5.56. The van der Waals surface area contributed by atoms with Crippen LogP contribution in [0.15, 0.2) is 12.1 Å². The van der Waals surface area contributed by atoms with Gasteiger partial charge in [0, 0.05) is 12.1 Å². The Kier molecular flexibility index (Phi) is 5.89. The molecular weight excluding hydrogens is 218 g/mol. The normalized spacial score (nSPS) is 9.07. The monoisotopic (exact) mass is 233 g/mol. The summed E-state index contributed by atoms with van der Waals surface area (Å²) in [5, 5.41) is 0. The molecule has 0 atom stereocenters. The minimum Gasteiger partial charge on any atom is -0.493 e. The molecule has 0 heterocycles. The molecule has 0 bridgehead atoms. The van der Waals surface area contributed by atoms with Gasteiger partial charge < -0.3 is 19.9 Å². The van der Waals surface area contributed by atoms with Crippen molar-refractivity contribution in [1.29, 1.82) is 0 Å². The Bertz CT molecular complexity index is 287. The molecule has 0 saturated carbocycles. The first kappa shape index (κ1) is 13.9. The molecule has 4 nitrogen and oxygen atoms in total. The van der Waals surface area contributed by atoms with Crippen molar-refractivity contribution in [2.24, 2.45) is 5.73 Å². The largest absolute Gasteiger partial charge is 0.493 e. The van der Waals surface area contributed by atoms with Crippen LogP contribution in [0.1, 0.15) is 5.56 Å². The number of hydrogen-bond acceptors (Lipinski definition) is 4. The zero-order valence-electron chi connectivity index (χ0n) is 9.07. The standard InChI is InChI=1S/C10H15NO3.ClH/c1-12-8-5-4-7(6-11)9(13-2)10(8)14-3;/h4-5H,6,11H2,1-3H3;1H.